The number of carbonyl (C=O) groups is 5. The molecule has 6 aliphatic heterocycles. The number of amides is 4. The summed E-state index contributed by atoms with van der Waals surface area (Å²) in [5, 5.41) is 219. The standard InChI is InChI=1S/C49H82N4O36/c1-14(62)51-25-18(65)4-49(48(76)77,88-40(25)28(67)19(66)6-55)89-42-36(75)47(84-37-23(10-59)82-45(34(73)33(37)72)78-12-17(5-54)50-13-61)83-24(11-60)38(42)85-44-27(53-16(3)64)39(30(69)21(8-57)80-44)86-46-35(74)41(31(70)22(9-58)81-46)87-43-26(52-15(2)63)32(71)29(68)20(7-56)79-43/h13,17-47,54-60,65-75H,4-12H2,1-3H3,(H,50,61)(H,51,62)(H,52,63)(H,53,64)(H,76,77)/p-1/t17-,18+,19-,20-,21-,22-,23-,24-,25-,26-,27-,28-,29-,30+,31+,32-,33-,34-,35-,36-,37-,38+,39-,40-,41+,42-,43+,44+,45-,46+,47+,49+/m1/s1. The zero-order valence-electron chi connectivity index (χ0n) is 47.7. The molecule has 0 spiro atoms. The molecule has 0 aromatic carbocycles. The number of aliphatic hydroxyl groups excluding tert-OH is 18. The Balaban J connectivity index is 1.41. The molecule has 6 aliphatic rings. The number of carboxylic acids is 1. The maximum Gasteiger partial charge on any atom is 0.217 e. The molecule has 0 unspecified atom stereocenters. The predicted octanol–water partition coefficient (Wildman–Crippen LogP) is -16.7. The van der Waals surface area contributed by atoms with E-state index in [1.807, 2.05) is 0 Å². The van der Waals surface area contributed by atoms with E-state index in [9.17, 15) is 121 Å². The molecule has 0 saturated carbocycles. The first-order chi connectivity index (χ1) is 42.1. The van der Waals surface area contributed by atoms with Gasteiger partial charge in [-0.25, -0.2) is 0 Å². The highest BCUT2D eigenvalue weighted by molar-refractivity contribution is 5.75. The maximum absolute atomic E-state index is 13.6. The number of aliphatic hydroxyl groups is 18. The van der Waals surface area contributed by atoms with Crippen LogP contribution in [0.2, 0.25) is 0 Å². The highest BCUT2D eigenvalue weighted by Crippen LogP contribution is 2.41. The van der Waals surface area contributed by atoms with Crippen molar-refractivity contribution in [3.8, 4) is 0 Å². The Labute approximate surface area is 504 Å². The Bertz CT molecular complexity index is 2270. The van der Waals surface area contributed by atoms with Crippen LogP contribution in [-0.4, -0.2) is 371 Å². The van der Waals surface area contributed by atoms with Gasteiger partial charge in [0.15, 0.2) is 31.5 Å². The number of hydrogen-bond donors (Lipinski definition) is 22. The summed E-state index contributed by atoms with van der Waals surface area (Å²) in [6.45, 7) is -5.26. The van der Waals surface area contributed by atoms with E-state index in [-0.39, 0.29) is 6.41 Å². The van der Waals surface area contributed by atoms with E-state index in [0.717, 1.165) is 20.8 Å². The Kier molecular flexibility index (Phi) is 27.4. The zero-order chi connectivity index (χ0) is 66.1. The SMILES string of the molecule is CC(=O)N[C@H]1[C@H](O[C@H]2[C@@H](O)[C@@H](CO)O[C@@H](O[C@H]3[C@@H](O)[C@@H](CO)O[C@@H](O[C@@H]4[C@H](O[C@]5(C(=O)[O-])C[C@H](O)[C@@H](NC(C)=O)[C@H]([C@H](O)[C@H](O)CO)O5)[C@@H](O)[C@H](O[C@H]5[C@H](O)[C@@H](O)[C@H](OC[C@@H](CO)NC=O)O[C@@H]5CO)O[C@@H]4CO)[C@@H]3NC(C)=O)[C@@H]2O)O[C@H](CO)[C@@H](O)[C@@H]1O. The van der Waals surface area contributed by atoms with Crippen LogP contribution in [0.25, 0.3) is 0 Å². The van der Waals surface area contributed by atoms with Gasteiger partial charge in [0.1, 0.15) is 146 Å². The van der Waals surface area contributed by atoms with Crippen LogP contribution in [-0.2, 0) is 80.8 Å². The molecule has 40 heteroatoms. The second-order valence-corrected chi connectivity index (χ2v) is 21.8. The molecule has 22 N–H and O–H groups in total. The van der Waals surface area contributed by atoms with E-state index in [1.165, 1.54) is 0 Å². The van der Waals surface area contributed by atoms with Gasteiger partial charge in [0, 0.05) is 27.2 Å². The van der Waals surface area contributed by atoms with E-state index < -0.39 is 279 Å². The largest absolute Gasteiger partial charge is 0.544 e. The van der Waals surface area contributed by atoms with Crippen LogP contribution >= 0.6 is 0 Å². The van der Waals surface area contributed by atoms with Crippen molar-refractivity contribution in [2.24, 2.45) is 0 Å². The van der Waals surface area contributed by atoms with Crippen molar-refractivity contribution in [3.63, 3.8) is 0 Å². The summed E-state index contributed by atoms with van der Waals surface area (Å²) in [4.78, 5) is 62.3. The van der Waals surface area contributed by atoms with Gasteiger partial charge in [-0.3, -0.25) is 19.2 Å². The molecule has 0 bridgehead atoms. The zero-order valence-corrected chi connectivity index (χ0v) is 47.7. The van der Waals surface area contributed by atoms with Crippen LogP contribution < -0.4 is 26.4 Å². The van der Waals surface area contributed by atoms with Crippen molar-refractivity contribution in [1.82, 2.24) is 21.3 Å². The minimum atomic E-state index is -3.54. The van der Waals surface area contributed by atoms with Crippen molar-refractivity contribution < 1.29 is 178 Å². The molecular formula is C49H81N4O36-. The summed E-state index contributed by atoms with van der Waals surface area (Å²) in [6.07, 6.45) is -58.6. The molecule has 6 saturated heterocycles. The highest BCUT2D eigenvalue weighted by Gasteiger charge is 2.61. The van der Waals surface area contributed by atoms with Crippen LogP contribution in [0.3, 0.4) is 0 Å². The number of hydrogen-bond acceptors (Lipinski definition) is 36. The van der Waals surface area contributed by atoms with E-state index in [0.29, 0.717) is 0 Å². The minimum Gasteiger partial charge on any atom is -0.544 e. The van der Waals surface area contributed by atoms with Crippen LogP contribution in [0.1, 0.15) is 27.2 Å². The Morgan fingerprint density at radius 2 is 0.966 bits per heavy atom. The molecule has 0 aliphatic carbocycles. The first kappa shape index (κ1) is 74.2. The fourth-order valence-electron chi connectivity index (χ4n) is 11.0. The molecule has 0 aromatic rings. The monoisotopic (exact) mass is 1300 g/mol. The maximum atomic E-state index is 13.6. The van der Waals surface area contributed by atoms with Crippen molar-refractivity contribution in [2.45, 2.75) is 223 Å². The molecule has 514 valence electrons. The lowest BCUT2D eigenvalue weighted by atomic mass is 9.88. The number of ether oxygens (including phenoxy) is 12. The third-order valence-corrected chi connectivity index (χ3v) is 15.6. The molecule has 89 heavy (non-hydrogen) atoms. The second kappa shape index (κ2) is 32.8. The topological polar surface area (TPSA) is 631 Å². The molecule has 6 rings (SSSR count). The summed E-state index contributed by atoms with van der Waals surface area (Å²) >= 11 is 0. The molecule has 0 radical (unpaired) electrons. The first-order valence-corrected chi connectivity index (χ1v) is 27.9. The van der Waals surface area contributed by atoms with Crippen LogP contribution in [0.5, 0.6) is 0 Å². The van der Waals surface area contributed by atoms with E-state index in [1.54, 1.807) is 0 Å². The Morgan fingerprint density at radius 3 is 1.49 bits per heavy atom. The summed E-state index contributed by atoms with van der Waals surface area (Å²) in [6, 6.07) is -6.62. The lowest BCUT2D eigenvalue weighted by molar-refractivity contribution is -0.421. The smallest absolute Gasteiger partial charge is 0.217 e. The van der Waals surface area contributed by atoms with Gasteiger partial charge in [0.2, 0.25) is 29.9 Å². The van der Waals surface area contributed by atoms with Crippen LogP contribution in [0.15, 0.2) is 0 Å². The second-order valence-electron chi connectivity index (χ2n) is 21.8. The van der Waals surface area contributed by atoms with E-state index in [2.05, 4.69) is 21.3 Å². The van der Waals surface area contributed by atoms with Crippen molar-refractivity contribution in [3.05, 3.63) is 0 Å². The summed E-state index contributed by atoms with van der Waals surface area (Å²) in [7, 11) is 0. The molecular weight excluding hydrogens is 1220 g/mol. The fourth-order valence-corrected chi connectivity index (χ4v) is 11.0. The van der Waals surface area contributed by atoms with Gasteiger partial charge < -0.3 is 180 Å². The van der Waals surface area contributed by atoms with Gasteiger partial charge >= 0.3 is 0 Å². The Hall–Kier alpha value is -3.85. The average Bonchev–Trinajstić information content (AvgIpc) is 1.45. The fraction of sp³-hybridized carbons (Fsp3) is 0.898. The Morgan fingerprint density at radius 1 is 0.517 bits per heavy atom. The van der Waals surface area contributed by atoms with Gasteiger partial charge in [0.25, 0.3) is 0 Å². The van der Waals surface area contributed by atoms with Gasteiger partial charge in [-0.05, 0) is 0 Å². The quantitative estimate of drug-likeness (QED) is 0.0324. The molecule has 6 heterocycles. The van der Waals surface area contributed by atoms with Gasteiger partial charge in [-0.15, -0.1) is 0 Å². The van der Waals surface area contributed by atoms with Gasteiger partial charge in [-0.2, -0.15) is 0 Å². The van der Waals surface area contributed by atoms with Crippen molar-refractivity contribution in [1.29, 1.82) is 0 Å². The van der Waals surface area contributed by atoms with Crippen molar-refractivity contribution >= 4 is 30.1 Å². The lowest BCUT2D eigenvalue weighted by Crippen LogP contribution is -2.73. The number of rotatable bonds is 28. The van der Waals surface area contributed by atoms with Gasteiger partial charge in [-0.1, -0.05) is 0 Å². The van der Waals surface area contributed by atoms with Gasteiger partial charge in [0.05, 0.1) is 71.0 Å². The van der Waals surface area contributed by atoms with E-state index >= 15 is 0 Å². The van der Waals surface area contributed by atoms with Crippen molar-refractivity contribution in [2.75, 3.05) is 52.9 Å². The number of carboxylic acid groups (broad SMARTS) is 1. The summed E-state index contributed by atoms with van der Waals surface area (Å²) in [5.74, 6) is -8.74. The molecule has 0 aromatic heterocycles. The van der Waals surface area contributed by atoms with Crippen LogP contribution in [0, 0.1) is 0 Å². The summed E-state index contributed by atoms with van der Waals surface area (Å²) < 4.78 is 70.2. The average molecular weight is 1300 g/mol. The summed E-state index contributed by atoms with van der Waals surface area (Å²) in [5.41, 5.74) is 0. The van der Waals surface area contributed by atoms with E-state index in [4.69, 9.17) is 56.8 Å². The normalized spacial score (nSPS) is 43.8. The predicted molar refractivity (Wildman–Crippen MR) is 272 cm³/mol. The number of carbonyl (C=O) groups excluding carboxylic acids is 5. The highest BCUT2D eigenvalue weighted by atomic mass is 16.8. The third kappa shape index (κ3) is 16.9. The van der Waals surface area contributed by atoms with Crippen LogP contribution in [0.4, 0.5) is 0 Å². The lowest BCUT2D eigenvalue weighted by Gasteiger charge is -2.54. The third-order valence-electron chi connectivity index (χ3n) is 15.6. The molecule has 4 amide bonds. The molecule has 6 fully saturated rings. The minimum absolute atomic E-state index is 0.223. The molecule has 40 nitrogen and oxygen atoms in total. The molecule has 32 atom stereocenters. The number of aliphatic carboxylic acids is 1. The first-order valence-electron chi connectivity index (χ1n) is 27.9. The number of nitrogens with one attached hydrogen (secondary N) is 4.